The first-order valence-corrected chi connectivity index (χ1v) is 7.09. The second kappa shape index (κ2) is 9.55. The van der Waals surface area contributed by atoms with Gasteiger partial charge in [0, 0.05) is 16.7 Å². The van der Waals surface area contributed by atoms with Crippen LogP contribution in [0.1, 0.15) is 30.3 Å². The lowest BCUT2D eigenvalue weighted by Gasteiger charge is -2.28. The van der Waals surface area contributed by atoms with Crippen molar-refractivity contribution in [1.82, 2.24) is 15.6 Å². The highest BCUT2D eigenvalue weighted by Gasteiger charge is 2.21. The summed E-state index contributed by atoms with van der Waals surface area (Å²) in [6.45, 7) is 4.13. The number of aromatic nitrogens is 1. The molecule has 0 spiro atoms. The Kier molecular flexibility index (Phi) is 9.38. The number of nitrogens with one attached hydrogen (secondary N) is 2. The van der Waals surface area contributed by atoms with Crippen LogP contribution >= 0.6 is 40.7 Å². The first-order chi connectivity index (χ1) is 8.66. The molecule has 0 bridgehead atoms. The zero-order valence-electron chi connectivity index (χ0n) is 11.3. The molecule has 0 saturated carbocycles. The summed E-state index contributed by atoms with van der Waals surface area (Å²) in [5, 5.41) is 6.39. The molecule has 1 saturated heterocycles. The van der Waals surface area contributed by atoms with Gasteiger partial charge in [-0.05, 0) is 66.8 Å². The van der Waals surface area contributed by atoms with Crippen LogP contribution in [0.3, 0.4) is 0 Å². The number of rotatable bonds is 3. The van der Waals surface area contributed by atoms with Crippen LogP contribution in [0.2, 0.25) is 0 Å². The summed E-state index contributed by atoms with van der Waals surface area (Å²) in [6, 6.07) is 3.73. The fraction of sp³-hybridized carbons (Fsp3) is 0.538. The fourth-order valence-corrected chi connectivity index (χ4v) is 2.45. The summed E-state index contributed by atoms with van der Waals surface area (Å²) in [7, 11) is 0. The Morgan fingerprint density at radius 1 is 1.50 bits per heavy atom. The number of amides is 1. The van der Waals surface area contributed by atoms with Gasteiger partial charge in [0.25, 0.3) is 5.91 Å². The van der Waals surface area contributed by atoms with E-state index in [9.17, 15) is 4.79 Å². The van der Waals surface area contributed by atoms with E-state index >= 15 is 0 Å². The summed E-state index contributed by atoms with van der Waals surface area (Å²) in [4.78, 5) is 16.1. The molecule has 2 rings (SSSR count). The van der Waals surface area contributed by atoms with Crippen molar-refractivity contribution >= 4 is 46.7 Å². The Balaban J connectivity index is 0.00000180. The standard InChI is InChI=1S/C13H18BrN3O.2ClH/c1-9(10-3-2-6-15-7-10)17-13(18)12-5-4-11(14)8-16-12;;/h4-5,8-10,15H,2-3,6-7H2,1H3,(H,17,18);2*1H. The second-order valence-corrected chi connectivity index (χ2v) is 5.65. The molecule has 4 nitrogen and oxygen atoms in total. The van der Waals surface area contributed by atoms with E-state index in [1.165, 1.54) is 12.8 Å². The minimum Gasteiger partial charge on any atom is -0.348 e. The zero-order chi connectivity index (χ0) is 13.0. The van der Waals surface area contributed by atoms with Gasteiger partial charge in [-0.2, -0.15) is 0 Å². The molecule has 2 atom stereocenters. The van der Waals surface area contributed by atoms with Gasteiger partial charge in [0.05, 0.1) is 0 Å². The normalized spacial score (nSPS) is 19.2. The van der Waals surface area contributed by atoms with Crippen molar-refractivity contribution in [2.24, 2.45) is 5.92 Å². The lowest BCUT2D eigenvalue weighted by molar-refractivity contribution is 0.0917. The molecular weight excluding hydrogens is 365 g/mol. The van der Waals surface area contributed by atoms with Gasteiger partial charge in [0.1, 0.15) is 5.69 Å². The third-order valence-corrected chi connectivity index (χ3v) is 3.83. The molecule has 0 aromatic carbocycles. The number of carbonyl (C=O) groups excluding carboxylic acids is 1. The maximum Gasteiger partial charge on any atom is 0.270 e. The van der Waals surface area contributed by atoms with Gasteiger partial charge in [-0.25, -0.2) is 4.98 Å². The van der Waals surface area contributed by atoms with E-state index in [4.69, 9.17) is 0 Å². The molecule has 1 aliphatic heterocycles. The molecule has 1 amide bonds. The molecule has 1 aliphatic rings. The van der Waals surface area contributed by atoms with E-state index in [1.54, 1.807) is 12.3 Å². The molecule has 1 fully saturated rings. The molecule has 2 unspecified atom stereocenters. The maximum absolute atomic E-state index is 12.0. The number of carbonyl (C=O) groups is 1. The monoisotopic (exact) mass is 383 g/mol. The fourth-order valence-electron chi connectivity index (χ4n) is 2.21. The molecule has 2 N–H and O–H groups in total. The van der Waals surface area contributed by atoms with Crippen molar-refractivity contribution in [3.8, 4) is 0 Å². The smallest absolute Gasteiger partial charge is 0.270 e. The number of hydrogen-bond donors (Lipinski definition) is 2. The van der Waals surface area contributed by atoms with Crippen molar-refractivity contribution in [1.29, 1.82) is 0 Å². The van der Waals surface area contributed by atoms with Crippen LogP contribution in [0, 0.1) is 5.92 Å². The number of hydrogen-bond acceptors (Lipinski definition) is 3. The summed E-state index contributed by atoms with van der Waals surface area (Å²) in [5.41, 5.74) is 0.466. The molecule has 1 aromatic rings. The predicted molar refractivity (Wildman–Crippen MR) is 89.0 cm³/mol. The van der Waals surface area contributed by atoms with Crippen molar-refractivity contribution in [2.45, 2.75) is 25.8 Å². The van der Waals surface area contributed by atoms with E-state index in [-0.39, 0.29) is 36.8 Å². The summed E-state index contributed by atoms with van der Waals surface area (Å²) >= 11 is 3.31. The van der Waals surface area contributed by atoms with Gasteiger partial charge in [-0.1, -0.05) is 0 Å². The molecule has 2 heterocycles. The van der Waals surface area contributed by atoms with Gasteiger partial charge in [-0.15, -0.1) is 24.8 Å². The van der Waals surface area contributed by atoms with Crippen molar-refractivity contribution in [2.75, 3.05) is 13.1 Å². The minimum atomic E-state index is -0.0967. The molecule has 0 radical (unpaired) electrons. The van der Waals surface area contributed by atoms with Crippen molar-refractivity contribution < 1.29 is 4.79 Å². The van der Waals surface area contributed by atoms with Crippen LogP contribution in [0.4, 0.5) is 0 Å². The highest BCUT2D eigenvalue weighted by Crippen LogP contribution is 2.14. The molecule has 7 heteroatoms. The summed E-state index contributed by atoms with van der Waals surface area (Å²) in [6.07, 6.45) is 3.99. The van der Waals surface area contributed by atoms with E-state index in [2.05, 4.69) is 38.5 Å². The topological polar surface area (TPSA) is 54.0 Å². The Hall–Kier alpha value is -0.360. The van der Waals surface area contributed by atoms with Crippen LogP contribution in [-0.4, -0.2) is 30.0 Å². The van der Waals surface area contributed by atoms with Crippen molar-refractivity contribution in [3.05, 3.63) is 28.5 Å². The number of piperidine rings is 1. The van der Waals surface area contributed by atoms with Crippen LogP contribution in [-0.2, 0) is 0 Å². The van der Waals surface area contributed by atoms with Crippen LogP contribution in [0.5, 0.6) is 0 Å². The molecule has 1 aromatic heterocycles. The zero-order valence-corrected chi connectivity index (χ0v) is 14.5. The quantitative estimate of drug-likeness (QED) is 0.842. The van der Waals surface area contributed by atoms with Gasteiger partial charge in [-0.3, -0.25) is 4.79 Å². The lowest BCUT2D eigenvalue weighted by Crippen LogP contribution is -2.44. The molecule has 0 aliphatic carbocycles. The van der Waals surface area contributed by atoms with E-state index in [1.807, 2.05) is 6.07 Å². The van der Waals surface area contributed by atoms with Crippen LogP contribution in [0.15, 0.2) is 22.8 Å². The molecule has 114 valence electrons. The lowest BCUT2D eigenvalue weighted by atomic mass is 9.93. The Labute approximate surface area is 140 Å². The maximum atomic E-state index is 12.0. The third-order valence-electron chi connectivity index (χ3n) is 3.36. The van der Waals surface area contributed by atoms with Crippen LogP contribution < -0.4 is 10.6 Å². The Morgan fingerprint density at radius 2 is 2.25 bits per heavy atom. The van der Waals surface area contributed by atoms with Gasteiger partial charge >= 0.3 is 0 Å². The number of halogens is 3. The highest BCUT2D eigenvalue weighted by atomic mass is 79.9. The Morgan fingerprint density at radius 3 is 2.80 bits per heavy atom. The minimum absolute atomic E-state index is 0. The second-order valence-electron chi connectivity index (χ2n) is 4.73. The SMILES string of the molecule is CC(NC(=O)c1ccc(Br)cn1)C1CCCNC1.Cl.Cl. The average Bonchev–Trinajstić information content (AvgIpc) is 2.40. The molecular formula is C13H20BrCl2N3O. The average molecular weight is 385 g/mol. The third kappa shape index (κ3) is 5.56. The van der Waals surface area contributed by atoms with Gasteiger partial charge in [0.15, 0.2) is 0 Å². The summed E-state index contributed by atoms with van der Waals surface area (Å²) < 4.78 is 0.878. The number of pyridine rings is 1. The van der Waals surface area contributed by atoms with E-state index < -0.39 is 0 Å². The van der Waals surface area contributed by atoms with Crippen molar-refractivity contribution in [3.63, 3.8) is 0 Å². The van der Waals surface area contributed by atoms with Gasteiger partial charge < -0.3 is 10.6 Å². The largest absolute Gasteiger partial charge is 0.348 e. The molecule has 20 heavy (non-hydrogen) atoms. The number of nitrogens with zero attached hydrogens (tertiary/aromatic N) is 1. The first kappa shape index (κ1) is 19.6. The summed E-state index contributed by atoms with van der Waals surface area (Å²) in [5.74, 6) is 0.415. The van der Waals surface area contributed by atoms with Crippen LogP contribution in [0.25, 0.3) is 0 Å². The predicted octanol–water partition coefficient (Wildman–Crippen LogP) is 2.81. The van der Waals surface area contributed by atoms with Gasteiger partial charge in [0.2, 0.25) is 0 Å². The Bertz CT molecular complexity index is 411. The highest BCUT2D eigenvalue weighted by molar-refractivity contribution is 9.10. The first-order valence-electron chi connectivity index (χ1n) is 6.30. The van der Waals surface area contributed by atoms with E-state index in [0.29, 0.717) is 11.6 Å². The van der Waals surface area contributed by atoms with E-state index in [0.717, 1.165) is 17.6 Å².